The maximum absolute atomic E-state index is 10.3. The molecule has 5 nitrogen and oxygen atoms in total. The third kappa shape index (κ3) is 3.59. The first-order valence-corrected chi connectivity index (χ1v) is 4.27. The first-order chi connectivity index (χ1) is 6.54. The van der Waals surface area contributed by atoms with Gasteiger partial charge in [-0.3, -0.25) is 4.98 Å². The lowest BCUT2D eigenvalue weighted by atomic mass is 10.3. The van der Waals surface area contributed by atoms with Crippen molar-refractivity contribution in [3.63, 3.8) is 0 Å². The van der Waals surface area contributed by atoms with E-state index in [1.807, 2.05) is 19.4 Å². The van der Waals surface area contributed by atoms with Crippen LogP contribution in [0.5, 0.6) is 0 Å². The number of carboxylic acid groups (broad SMARTS) is 1. The molecule has 1 aromatic rings. The first kappa shape index (κ1) is 12.7. The fourth-order valence-electron chi connectivity index (χ4n) is 0.601. The predicted octanol–water partition coefficient (Wildman–Crippen LogP) is -1.51. The Kier molecular flexibility index (Phi) is 5.59. The van der Waals surface area contributed by atoms with E-state index in [0.717, 1.165) is 0 Å². The van der Waals surface area contributed by atoms with E-state index < -0.39 is 5.97 Å². The summed E-state index contributed by atoms with van der Waals surface area (Å²) in [7, 11) is 4.00. The molecular formula is C8H12ClN3O2. The van der Waals surface area contributed by atoms with Crippen LogP contribution in [0, 0.1) is 0 Å². The van der Waals surface area contributed by atoms with Gasteiger partial charge in [0.25, 0.3) is 0 Å². The van der Waals surface area contributed by atoms with Gasteiger partial charge in [0.15, 0.2) is 0 Å². The first-order valence-electron chi connectivity index (χ1n) is 3.89. The van der Waals surface area contributed by atoms with Crippen LogP contribution in [0.25, 0.3) is 0 Å². The zero-order valence-electron chi connectivity index (χ0n) is 7.95. The van der Waals surface area contributed by atoms with Gasteiger partial charge >= 0.3 is 0 Å². The van der Waals surface area contributed by atoms with Gasteiger partial charge in [-0.15, -0.1) is 0 Å². The van der Waals surface area contributed by atoms with Crippen LogP contribution in [0.2, 0.25) is 5.02 Å². The fraction of sp³-hybridized carbons (Fsp3) is 0.250. The van der Waals surface area contributed by atoms with Crippen LogP contribution >= 0.6 is 11.6 Å². The molecule has 0 aliphatic heterocycles. The number of halogens is 1. The number of carbonyl (C=O) groups excluding carboxylic acids is 1. The molecule has 0 unspecified atom stereocenters. The van der Waals surface area contributed by atoms with Crippen LogP contribution in [-0.4, -0.2) is 25.0 Å². The largest absolute Gasteiger partial charge is 0.543 e. The highest BCUT2D eigenvalue weighted by atomic mass is 35.5. The van der Waals surface area contributed by atoms with Crippen molar-refractivity contribution < 1.29 is 15.2 Å². The highest BCUT2D eigenvalue weighted by Gasteiger charge is 2.04. The Morgan fingerprint density at radius 2 is 2.14 bits per heavy atom. The summed E-state index contributed by atoms with van der Waals surface area (Å²) in [6, 6.07) is 1.41. The van der Waals surface area contributed by atoms with Gasteiger partial charge in [-0.1, -0.05) is 11.6 Å². The SMILES string of the molecule is C[NH2+]C.Nc1ccnc(C(=O)[O-])c1Cl. The highest BCUT2D eigenvalue weighted by molar-refractivity contribution is 6.35. The highest BCUT2D eigenvalue weighted by Crippen LogP contribution is 2.19. The molecule has 6 heteroatoms. The smallest absolute Gasteiger partial charge is 0.106 e. The quantitative estimate of drug-likeness (QED) is 0.598. The van der Waals surface area contributed by atoms with Crippen LogP contribution < -0.4 is 16.2 Å². The fourth-order valence-corrected chi connectivity index (χ4v) is 0.790. The summed E-state index contributed by atoms with van der Waals surface area (Å²) in [5, 5.41) is 12.2. The van der Waals surface area contributed by atoms with Crippen LogP contribution in [-0.2, 0) is 0 Å². The van der Waals surface area contributed by atoms with E-state index in [-0.39, 0.29) is 16.4 Å². The minimum Gasteiger partial charge on any atom is -0.543 e. The van der Waals surface area contributed by atoms with Gasteiger partial charge in [0.2, 0.25) is 0 Å². The molecule has 0 bridgehead atoms. The van der Waals surface area contributed by atoms with Gasteiger partial charge in [-0.25, -0.2) is 0 Å². The summed E-state index contributed by atoms with van der Waals surface area (Å²) in [5.41, 5.74) is 5.15. The molecule has 0 aliphatic rings. The maximum atomic E-state index is 10.3. The van der Waals surface area contributed by atoms with Crippen LogP contribution in [0.1, 0.15) is 10.5 Å². The maximum Gasteiger partial charge on any atom is 0.106 e. The van der Waals surface area contributed by atoms with Crippen molar-refractivity contribution in [1.29, 1.82) is 0 Å². The average molecular weight is 218 g/mol. The van der Waals surface area contributed by atoms with Crippen molar-refractivity contribution >= 4 is 23.3 Å². The molecule has 0 aliphatic carbocycles. The molecule has 0 fully saturated rings. The van der Waals surface area contributed by atoms with Gasteiger partial charge in [-0.05, 0) is 6.07 Å². The minimum atomic E-state index is -1.43. The molecule has 0 saturated heterocycles. The Morgan fingerprint density at radius 1 is 1.64 bits per heavy atom. The summed E-state index contributed by atoms with van der Waals surface area (Å²) < 4.78 is 0. The summed E-state index contributed by atoms with van der Waals surface area (Å²) in [4.78, 5) is 13.7. The number of nitrogens with zero attached hydrogens (tertiary/aromatic N) is 1. The van der Waals surface area contributed by atoms with E-state index in [1.165, 1.54) is 12.3 Å². The summed E-state index contributed by atoms with van der Waals surface area (Å²) in [6.45, 7) is 0. The molecule has 4 N–H and O–H groups in total. The number of carboxylic acids is 1. The number of hydrogen-bond donors (Lipinski definition) is 2. The Balaban J connectivity index is 0.000000500. The summed E-state index contributed by atoms with van der Waals surface area (Å²) in [6.07, 6.45) is 1.26. The van der Waals surface area contributed by atoms with E-state index in [4.69, 9.17) is 17.3 Å². The second kappa shape index (κ2) is 6.17. The van der Waals surface area contributed by atoms with Gasteiger partial charge in [0.05, 0.1) is 30.8 Å². The Labute approximate surface area is 86.9 Å². The normalized spacial score (nSPS) is 8.79. The Morgan fingerprint density at radius 3 is 2.50 bits per heavy atom. The van der Waals surface area contributed by atoms with Crippen molar-refractivity contribution in [3.8, 4) is 0 Å². The molecule has 0 spiro atoms. The number of rotatable bonds is 1. The van der Waals surface area contributed by atoms with E-state index in [0.29, 0.717) is 0 Å². The molecule has 1 rings (SSSR count). The van der Waals surface area contributed by atoms with E-state index >= 15 is 0 Å². The number of pyridine rings is 1. The molecule has 0 atom stereocenters. The number of hydrogen-bond acceptors (Lipinski definition) is 4. The molecule has 1 heterocycles. The van der Waals surface area contributed by atoms with Crippen molar-refractivity contribution in [3.05, 3.63) is 23.0 Å². The zero-order valence-corrected chi connectivity index (χ0v) is 8.71. The molecule has 0 aromatic carbocycles. The monoisotopic (exact) mass is 217 g/mol. The van der Waals surface area contributed by atoms with Crippen molar-refractivity contribution in [2.45, 2.75) is 0 Å². The standard InChI is InChI=1S/C6H5ClN2O2.C2H7N/c7-4-3(8)1-2-9-5(4)6(10)11;1-3-2/h1-2H,(H2,8,9)(H,10,11);3H,1-2H3. The second-order valence-corrected chi connectivity index (χ2v) is 2.81. The molecule has 0 amide bonds. The van der Waals surface area contributed by atoms with Crippen LogP contribution in [0.3, 0.4) is 0 Å². The number of quaternary nitrogens is 1. The Hall–Kier alpha value is -1.33. The lowest BCUT2D eigenvalue weighted by Gasteiger charge is -2.04. The molecule has 0 radical (unpaired) electrons. The van der Waals surface area contributed by atoms with E-state index in [1.54, 1.807) is 0 Å². The second-order valence-electron chi connectivity index (χ2n) is 2.43. The predicted molar refractivity (Wildman–Crippen MR) is 51.8 cm³/mol. The Bertz CT molecular complexity index is 317. The summed E-state index contributed by atoms with van der Waals surface area (Å²) in [5.74, 6) is -1.43. The van der Waals surface area contributed by atoms with Crippen molar-refractivity contribution in [2.24, 2.45) is 0 Å². The van der Waals surface area contributed by atoms with Crippen LogP contribution in [0.15, 0.2) is 12.3 Å². The van der Waals surface area contributed by atoms with Crippen molar-refractivity contribution in [2.75, 3.05) is 19.8 Å². The van der Waals surface area contributed by atoms with Crippen molar-refractivity contribution in [1.82, 2.24) is 4.98 Å². The number of aromatic nitrogens is 1. The number of aromatic carboxylic acids is 1. The van der Waals surface area contributed by atoms with E-state index in [2.05, 4.69) is 4.98 Å². The summed E-state index contributed by atoms with van der Waals surface area (Å²) >= 11 is 5.48. The molecule has 1 aromatic heterocycles. The number of anilines is 1. The lowest BCUT2D eigenvalue weighted by molar-refractivity contribution is -0.597. The molecule has 14 heavy (non-hydrogen) atoms. The number of nitrogens with two attached hydrogens (primary N) is 2. The average Bonchev–Trinajstić information content (AvgIpc) is 2.10. The topological polar surface area (TPSA) is 95.7 Å². The number of carbonyl (C=O) groups is 1. The third-order valence-corrected chi connectivity index (χ3v) is 1.51. The third-order valence-electron chi connectivity index (χ3n) is 1.11. The zero-order chi connectivity index (χ0) is 11.1. The lowest BCUT2D eigenvalue weighted by Crippen LogP contribution is -2.74. The molecular weight excluding hydrogens is 206 g/mol. The van der Waals surface area contributed by atoms with Crippen LogP contribution in [0.4, 0.5) is 5.69 Å². The van der Waals surface area contributed by atoms with Gasteiger partial charge in [0.1, 0.15) is 5.69 Å². The number of nitrogen functional groups attached to an aromatic ring is 1. The van der Waals surface area contributed by atoms with E-state index in [9.17, 15) is 9.90 Å². The minimum absolute atomic E-state index is 0.0764. The molecule has 0 saturated carbocycles. The van der Waals surface area contributed by atoms with Gasteiger partial charge in [-0.2, -0.15) is 0 Å². The van der Waals surface area contributed by atoms with Gasteiger partial charge < -0.3 is 21.0 Å². The van der Waals surface area contributed by atoms with Gasteiger partial charge in [0, 0.05) is 6.20 Å². The molecule has 78 valence electrons.